The van der Waals surface area contributed by atoms with Crippen LogP contribution in [0.4, 0.5) is 5.69 Å². The lowest BCUT2D eigenvalue weighted by molar-refractivity contribution is 0.183. The average molecular weight is 238 g/mol. The maximum absolute atomic E-state index is 4.52. The summed E-state index contributed by atoms with van der Waals surface area (Å²) in [5.41, 5.74) is 2.72. The highest BCUT2D eigenvalue weighted by atomic mass is 32.2. The summed E-state index contributed by atoms with van der Waals surface area (Å²) in [5.74, 6) is 1.25. The van der Waals surface area contributed by atoms with Gasteiger partial charge in [0.25, 0.3) is 0 Å². The van der Waals surface area contributed by atoms with Crippen LogP contribution in [0.2, 0.25) is 0 Å². The smallest absolute Gasteiger partial charge is 0.0898 e. The molecule has 2 aliphatic heterocycles. The molecule has 1 aromatic heterocycles. The number of nitrogens with zero attached hydrogens (tertiary/aromatic N) is 4. The van der Waals surface area contributed by atoms with Crippen molar-refractivity contribution >= 4 is 17.6 Å². The molecule has 3 rings (SSSR count). The molecule has 5 heteroatoms. The fourth-order valence-electron chi connectivity index (χ4n) is 2.35. The maximum Gasteiger partial charge on any atom is 0.0898 e. The molecule has 0 radical (unpaired) electrons. The van der Waals surface area contributed by atoms with Gasteiger partial charge in [0.15, 0.2) is 0 Å². The molecule has 0 bridgehead atoms. The second kappa shape index (κ2) is 3.96. The Bertz CT molecular complexity index is 383. The van der Waals surface area contributed by atoms with Gasteiger partial charge in [-0.15, -0.1) is 0 Å². The van der Waals surface area contributed by atoms with Crippen LogP contribution in [-0.2, 0) is 13.1 Å². The standard InChI is InChI=1S/C11H18N4S/c1-9-7-14-11(8-13(9)2)10(6-12-14)15-4-3-5-16-15/h6,9H,3-5,7-8H2,1-2H3/t9-/m0/s1. The summed E-state index contributed by atoms with van der Waals surface area (Å²) in [7, 11) is 2.20. The Balaban J connectivity index is 1.91. The van der Waals surface area contributed by atoms with Gasteiger partial charge >= 0.3 is 0 Å². The molecule has 4 nitrogen and oxygen atoms in total. The Labute approximate surface area is 101 Å². The highest BCUT2D eigenvalue weighted by molar-refractivity contribution is 8.00. The van der Waals surface area contributed by atoms with E-state index in [0.29, 0.717) is 6.04 Å². The molecule has 88 valence electrons. The second-order valence-electron chi connectivity index (χ2n) is 4.71. The van der Waals surface area contributed by atoms with Crippen molar-refractivity contribution in [1.29, 1.82) is 0 Å². The van der Waals surface area contributed by atoms with Crippen molar-refractivity contribution < 1.29 is 0 Å². The number of likely N-dealkylation sites (N-methyl/N-ethyl adjacent to an activating group) is 1. The van der Waals surface area contributed by atoms with Crippen molar-refractivity contribution in [2.75, 3.05) is 23.7 Å². The van der Waals surface area contributed by atoms with E-state index in [-0.39, 0.29) is 0 Å². The Morgan fingerprint density at radius 3 is 3.12 bits per heavy atom. The van der Waals surface area contributed by atoms with Crippen LogP contribution in [-0.4, -0.2) is 40.1 Å². The van der Waals surface area contributed by atoms with E-state index in [1.807, 2.05) is 18.1 Å². The van der Waals surface area contributed by atoms with E-state index in [4.69, 9.17) is 0 Å². The van der Waals surface area contributed by atoms with Crippen molar-refractivity contribution in [3.05, 3.63) is 11.9 Å². The number of fused-ring (bicyclic) bond motifs is 1. The maximum atomic E-state index is 4.52. The predicted molar refractivity (Wildman–Crippen MR) is 67.6 cm³/mol. The zero-order valence-electron chi connectivity index (χ0n) is 9.89. The Kier molecular flexibility index (Phi) is 2.59. The molecule has 0 N–H and O–H groups in total. The van der Waals surface area contributed by atoms with Gasteiger partial charge in [-0.05, 0) is 32.3 Å². The van der Waals surface area contributed by atoms with Gasteiger partial charge in [-0.1, -0.05) is 0 Å². The summed E-state index contributed by atoms with van der Waals surface area (Å²) >= 11 is 1.94. The van der Waals surface area contributed by atoms with Gasteiger partial charge in [0.1, 0.15) is 0 Å². The first-order chi connectivity index (χ1) is 7.75. The monoisotopic (exact) mass is 238 g/mol. The third kappa shape index (κ3) is 1.62. The molecule has 0 saturated carbocycles. The third-order valence-electron chi connectivity index (χ3n) is 3.54. The lowest BCUT2D eigenvalue weighted by Crippen LogP contribution is -2.38. The number of hydrogen-bond donors (Lipinski definition) is 0. The molecule has 0 spiro atoms. The van der Waals surface area contributed by atoms with Gasteiger partial charge < -0.3 is 4.31 Å². The molecule has 0 unspecified atom stereocenters. The summed E-state index contributed by atoms with van der Waals surface area (Å²) in [6.45, 7) is 5.47. The highest BCUT2D eigenvalue weighted by Gasteiger charge is 2.26. The lowest BCUT2D eigenvalue weighted by Gasteiger charge is -2.31. The minimum atomic E-state index is 0.589. The lowest BCUT2D eigenvalue weighted by atomic mass is 10.2. The highest BCUT2D eigenvalue weighted by Crippen LogP contribution is 2.33. The normalized spacial score (nSPS) is 26.1. The molecule has 1 atom stereocenters. The van der Waals surface area contributed by atoms with Crippen molar-refractivity contribution in [2.45, 2.75) is 32.5 Å². The number of anilines is 1. The topological polar surface area (TPSA) is 24.3 Å². The van der Waals surface area contributed by atoms with Crippen molar-refractivity contribution in [3.63, 3.8) is 0 Å². The largest absolute Gasteiger partial charge is 0.313 e. The molecular formula is C11H18N4S. The second-order valence-corrected chi connectivity index (χ2v) is 5.82. The summed E-state index contributed by atoms with van der Waals surface area (Å²) in [6, 6.07) is 0.589. The minimum absolute atomic E-state index is 0.589. The fourth-order valence-corrected chi connectivity index (χ4v) is 3.38. The van der Waals surface area contributed by atoms with E-state index >= 15 is 0 Å². The molecule has 0 aromatic carbocycles. The molecule has 1 fully saturated rings. The number of rotatable bonds is 1. The molecule has 2 aliphatic rings. The third-order valence-corrected chi connectivity index (χ3v) is 4.70. The van der Waals surface area contributed by atoms with E-state index in [1.54, 1.807) is 0 Å². The van der Waals surface area contributed by atoms with Crippen LogP contribution >= 0.6 is 11.9 Å². The molecule has 1 saturated heterocycles. The van der Waals surface area contributed by atoms with Gasteiger partial charge in [0.05, 0.1) is 24.1 Å². The van der Waals surface area contributed by atoms with Crippen molar-refractivity contribution in [1.82, 2.24) is 14.7 Å². The van der Waals surface area contributed by atoms with E-state index in [1.165, 1.54) is 30.1 Å². The van der Waals surface area contributed by atoms with Crippen LogP contribution in [0.5, 0.6) is 0 Å². The summed E-state index contributed by atoms with van der Waals surface area (Å²) in [4.78, 5) is 2.40. The zero-order chi connectivity index (χ0) is 11.1. The van der Waals surface area contributed by atoms with Gasteiger partial charge in [0, 0.05) is 24.9 Å². The van der Waals surface area contributed by atoms with Crippen molar-refractivity contribution in [2.24, 2.45) is 0 Å². The molecule has 0 amide bonds. The van der Waals surface area contributed by atoms with Crippen LogP contribution in [0.25, 0.3) is 0 Å². The van der Waals surface area contributed by atoms with Crippen LogP contribution in [0.1, 0.15) is 19.0 Å². The van der Waals surface area contributed by atoms with E-state index in [0.717, 1.165) is 13.1 Å². The quantitative estimate of drug-likeness (QED) is 0.693. The number of hydrogen-bond acceptors (Lipinski definition) is 4. The summed E-state index contributed by atoms with van der Waals surface area (Å²) < 4.78 is 4.58. The Hall–Kier alpha value is -0.680. The van der Waals surface area contributed by atoms with E-state index < -0.39 is 0 Å². The molecule has 3 heterocycles. The van der Waals surface area contributed by atoms with Gasteiger partial charge in [-0.3, -0.25) is 9.58 Å². The first kappa shape index (κ1) is 10.5. The molecule has 1 aromatic rings. The van der Waals surface area contributed by atoms with Gasteiger partial charge in [0.2, 0.25) is 0 Å². The predicted octanol–water partition coefficient (Wildman–Crippen LogP) is 1.58. The molecule has 16 heavy (non-hydrogen) atoms. The Morgan fingerprint density at radius 2 is 2.38 bits per heavy atom. The van der Waals surface area contributed by atoms with E-state index in [2.05, 4.69) is 33.0 Å². The van der Waals surface area contributed by atoms with Gasteiger partial charge in [-0.25, -0.2) is 0 Å². The van der Waals surface area contributed by atoms with Crippen LogP contribution in [0, 0.1) is 0 Å². The summed E-state index contributed by atoms with van der Waals surface area (Å²) in [5, 5.41) is 4.52. The van der Waals surface area contributed by atoms with Crippen LogP contribution < -0.4 is 4.31 Å². The molecular weight excluding hydrogens is 220 g/mol. The van der Waals surface area contributed by atoms with Gasteiger partial charge in [-0.2, -0.15) is 5.10 Å². The first-order valence-electron chi connectivity index (χ1n) is 5.91. The minimum Gasteiger partial charge on any atom is -0.313 e. The first-order valence-corrected chi connectivity index (χ1v) is 6.85. The number of aromatic nitrogens is 2. The average Bonchev–Trinajstić information content (AvgIpc) is 2.87. The SMILES string of the molecule is C[C@H]1Cn2ncc(N3CCCS3)c2CN1C. The van der Waals surface area contributed by atoms with Crippen LogP contribution in [0.3, 0.4) is 0 Å². The molecule has 0 aliphatic carbocycles. The van der Waals surface area contributed by atoms with Crippen molar-refractivity contribution in [3.8, 4) is 0 Å². The fraction of sp³-hybridized carbons (Fsp3) is 0.727. The zero-order valence-corrected chi connectivity index (χ0v) is 10.7. The summed E-state index contributed by atoms with van der Waals surface area (Å²) in [6.07, 6.45) is 3.33. The van der Waals surface area contributed by atoms with E-state index in [9.17, 15) is 0 Å². The Morgan fingerprint density at radius 1 is 1.50 bits per heavy atom. The van der Waals surface area contributed by atoms with Crippen LogP contribution in [0.15, 0.2) is 6.20 Å².